The standard InChI is InChI=1S/C19H15Cl2N3O/c20-15-5-7-16(8-6-15)24-17-9-14(10-22-12-17)19(25)23-11-13-3-1-2-4-18(13)21/h1-10,12,24H,11H2,(H,23,25). The highest BCUT2D eigenvalue weighted by atomic mass is 35.5. The molecule has 0 aliphatic carbocycles. The van der Waals surface area contributed by atoms with Crippen molar-refractivity contribution < 1.29 is 4.79 Å². The van der Waals surface area contributed by atoms with Gasteiger partial charge in [-0.3, -0.25) is 9.78 Å². The molecule has 0 saturated heterocycles. The maximum absolute atomic E-state index is 12.3. The van der Waals surface area contributed by atoms with Gasteiger partial charge < -0.3 is 10.6 Å². The number of nitrogens with zero attached hydrogens (tertiary/aromatic N) is 1. The Bertz CT molecular complexity index is 882. The number of hydrogen-bond acceptors (Lipinski definition) is 3. The summed E-state index contributed by atoms with van der Waals surface area (Å²) in [5.74, 6) is -0.216. The maximum Gasteiger partial charge on any atom is 0.253 e. The third kappa shape index (κ3) is 4.72. The van der Waals surface area contributed by atoms with Gasteiger partial charge in [0.15, 0.2) is 0 Å². The second kappa shape index (κ2) is 8.01. The van der Waals surface area contributed by atoms with E-state index in [0.29, 0.717) is 27.8 Å². The lowest BCUT2D eigenvalue weighted by Gasteiger charge is -2.09. The average Bonchev–Trinajstić information content (AvgIpc) is 2.63. The van der Waals surface area contributed by atoms with Crippen molar-refractivity contribution in [1.29, 1.82) is 0 Å². The summed E-state index contributed by atoms with van der Waals surface area (Å²) in [4.78, 5) is 16.5. The molecule has 0 bridgehead atoms. The van der Waals surface area contributed by atoms with E-state index in [1.165, 1.54) is 6.20 Å². The minimum Gasteiger partial charge on any atom is -0.354 e. The summed E-state index contributed by atoms with van der Waals surface area (Å²) in [6.45, 7) is 0.355. The predicted octanol–water partition coefficient (Wildman–Crippen LogP) is 5.06. The number of nitrogens with one attached hydrogen (secondary N) is 2. The third-order valence-corrected chi connectivity index (χ3v) is 4.15. The Hall–Kier alpha value is -2.56. The Morgan fingerprint density at radius 1 is 0.960 bits per heavy atom. The van der Waals surface area contributed by atoms with Gasteiger partial charge in [-0.25, -0.2) is 0 Å². The molecule has 2 aromatic carbocycles. The molecule has 0 aliphatic rings. The molecule has 0 radical (unpaired) electrons. The predicted molar refractivity (Wildman–Crippen MR) is 102 cm³/mol. The van der Waals surface area contributed by atoms with Gasteiger partial charge in [0, 0.05) is 28.5 Å². The lowest BCUT2D eigenvalue weighted by molar-refractivity contribution is 0.0950. The molecule has 0 saturated carbocycles. The van der Waals surface area contributed by atoms with Crippen LogP contribution in [0.2, 0.25) is 10.0 Å². The maximum atomic E-state index is 12.3. The summed E-state index contributed by atoms with van der Waals surface area (Å²) in [6, 6.07) is 16.4. The molecule has 0 atom stereocenters. The molecule has 25 heavy (non-hydrogen) atoms. The monoisotopic (exact) mass is 371 g/mol. The molecule has 1 aromatic heterocycles. The highest BCUT2D eigenvalue weighted by Crippen LogP contribution is 2.19. The second-order valence-corrected chi connectivity index (χ2v) is 6.21. The minimum absolute atomic E-state index is 0.216. The molecule has 6 heteroatoms. The van der Waals surface area contributed by atoms with Gasteiger partial charge in [0.2, 0.25) is 0 Å². The lowest BCUT2D eigenvalue weighted by atomic mass is 10.2. The summed E-state index contributed by atoms with van der Waals surface area (Å²) < 4.78 is 0. The van der Waals surface area contributed by atoms with E-state index in [2.05, 4.69) is 15.6 Å². The molecule has 0 aliphatic heterocycles. The Kier molecular flexibility index (Phi) is 5.53. The lowest BCUT2D eigenvalue weighted by Crippen LogP contribution is -2.23. The average molecular weight is 372 g/mol. The Balaban J connectivity index is 1.67. The highest BCUT2D eigenvalue weighted by Gasteiger charge is 2.08. The van der Waals surface area contributed by atoms with Crippen LogP contribution in [-0.4, -0.2) is 10.9 Å². The van der Waals surface area contributed by atoms with E-state index < -0.39 is 0 Å². The summed E-state index contributed by atoms with van der Waals surface area (Å²) >= 11 is 12.0. The molecule has 126 valence electrons. The molecule has 4 nitrogen and oxygen atoms in total. The molecule has 2 N–H and O–H groups in total. The van der Waals surface area contributed by atoms with E-state index in [0.717, 1.165) is 11.3 Å². The largest absolute Gasteiger partial charge is 0.354 e. The van der Waals surface area contributed by atoms with Crippen molar-refractivity contribution in [2.75, 3.05) is 5.32 Å². The van der Waals surface area contributed by atoms with Crippen LogP contribution in [0.5, 0.6) is 0 Å². The van der Waals surface area contributed by atoms with Crippen LogP contribution in [0.1, 0.15) is 15.9 Å². The number of carbonyl (C=O) groups excluding carboxylic acids is 1. The fraction of sp³-hybridized carbons (Fsp3) is 0.0526. The Morgan fingerprint density at radius 3 is 2.48 bits per heavy atom. The number of amides is 1. The number of anilines is 2. The van der Waals surface area contributed by atoms with E-state index in [1.54, 1.807) is 30.5 Å². The van der Waals surface area contributed by atoms with Crippen molar-refractivity contribution in [2.45, 2.75) is 6.54 Å². The highest BCUT2D eigenvalue weighted by molar-refractivity contribution is 6.31. The van der Waals surface area contributed by atoms with Gasteiger partial charge in [-0.15, -0.1) is 0 Å². The molecule has 3 rings (SSSR count). The van der Waals surface area contributed by atoms with Crippen LogP contribution in [-0.2, 0) is 6.54 Å². The molecule has 3 aromatic rings. The van der Waals surface area contributed by atoms with E-state index in [1.807, 2.05) is 30.3 Å². The summed E-state index contributed by atoms with van der Waals surface area (Å²) in [5, 5.41) is 7.32. The third-order valence-electron chi connectivity index (χ3n) is 3.53. The molecule has 0 unspecified atom stereocenters. The number of aromatic nitrogens is 1. The molecule has 1 amide bonds. The molecule has 1 heterocycles. The number of pyridine rings is 1. The molecule has 0 spiro atoms. The van der Waals surface area contributed by atoms with Crippen LogP contribution in [0, 0.1) is 0 Å². The summed E-state index contributed by atoms with van der Waals surface area (Å²) in [6.07, 6.45) is 3.18. The van der Waals surface area contributed by atoms with Gasteiger partial charge in [0.25, 0.3) is 5.91 Å². The van der Waals surface area contributed by atoms with Crippen LogP contribution >= 0.6 is 23.2 Å². The number of carbonyl (C=O) groups is 1. The van der Waals surface area contributed by atoms with Crippen molar-refractivity contribution in [3.8, 4) is 0 Å². The van der Waals surface area contributed by atoms with Gasteiger partial charge in [-0.1, -0.05) is 41.4 Å². The van der Waals surface area contributed by atoms with Gasteiger partial charge in [0.1, 0.15) is 0 Å². The van der Waals surface area contributed by atoms with Crippen LogP contribution in [0.4, 0.5) is 11.4 Å². The smallest absolute Gasteiger partial charge is 0.253 e. The van der Waals surface area contributed by atoms with Gasteiger partial charge in [-0.2, -0.15) is 0 Å². The van der Waals surface area contributed by atoms with Crippen LogP contribution < -0.4 is 10.6 Å². The SMILES string of the molecule is O=C(NCc1ccccc1Cl)c1cncc(Nc2ccc(Cl)cc2)c1. The van der Waals surface area contributed by atoms with Crippen molar-refractivity contribution >= 4 is 40.5 Å². The van der Waals surface area contributed by atoms with E-state index in [9.17, 15) is 4.79 Å². The quantitative estimate of drug-likeness (QED) is 0.658. The first-order valence-electron chi connectivity index (χ1n) is 7.61. The van der Waals surface area contributed by atoms with E-state index >= 15 is 0 Å². The Labute approximate surface area is 155 Å². The van der Waals surface area contributed by atoms with Crippen molar-refractivity contribution in [3.05, 3.63) is 88.2 Å². The number of benzene rings is 2. The first-order chi connectivity index (χ1) is 12.1. The zero-order valence-corrected chi connectivity index (χ0v) is 14.7. The fourth-order valence-corrected chi connectivity index (χ4v) is 2.58. The van der Waals surface area contributed by atoms with Gasteiger partial charge in [-0.05, 0) is 42.0 Å². The minimum atomic E-state index is -0.216. The summed E-state index contributed by atoms with van der Waals surface area (Å²) in [5.41, 5.74) is 2.90. The zero-order valence-electron chi connectivity index (χ0n) is 13.2. The van der Waals surface area contributed by atoms with Crippen LogP contribution in [0.25, 0.3) is 0 Å². The van der Waals surface area contributed by atoms with E-state index in [-0.39, 0.29) is 5.91 Å². The number of rotatable bonds is 5. The fourth-order valence-electron chi connectivity index (χ4n) is 2.25. The number of hydrogen-bond donors (Lipinski definition) is 2. The number of halogens is 2. The van der Waals surface area contributed by atoms with Crippen molar-refractivity contribution in [3.63, 3.8) is 0 Å². The zero-order chi connectivity index (χ0) is 17.6. The summed E-state index contributed by atoms with van der Waals surface area (Å²) in [7, 11) is 0. The van der Waals surface area contributed by atoms with Gasteiger partial charge in [0.05, 0.1) is 17.4 Å². The Morgan fingerprint density at radius 2 is 1.72 bits per heavy atom. The first-order valence-corrected chi connectivity index (χ1v) is 8.36. The van der Waals surface area contributed by atoms with Crippen molar-refractivity contribution in [2.24, 2.45) is 0 Å². The molecule has 0 fully saturated rings. The van der Waals surface area contributed by atoms with Crippen LogP contribution in [0.3, 0.4) is 0 Å². The second-order valence-electron chi connectivity index (χ2n) is 5.37. The molecular formula is C19H15Cl2N3O. The first kappa shape index (κ1) is 17.3. The topological polar surface area (TPSA) is 54.0 Å². The van der Waals surface area contributed by atoms with E-state index in [4.69, 9.17) is 23.2 Å². The normalized spacial score (nSPS) is 10.3. The van der Waals surface area contributed by atoms with Gasteiger partial charge >= 0.3 is 0 Å². The molecular weight excluding hydrogens is 357 g/mol. The van der Waals surface area contributed by atoms with Crippen LogP contribution in [0.15, 0.2) is 67.0 Å². The van der Waals surface area contributed by atoms with Crippen molar-refractivity contribution in [1.82, 2.24) is 10.3 Å².